The SMILES string of the molecule is C[C@@H]1CN(c2ccc(Cl)nn2)CCN1. The van der Waals surface area contributed by atoms with Crippen LogP contribution in [0.25, 0.3) is 0 Å². The third-order valence-electron chi connectivity index (χ3n) is 2.31. The monoisotopic (exact) mass is 212 g/mol. The van der Waals surface area contributed by atoms with Gasteiger partial charge in [-0.1, -0.05) is 11.6 Å². The predicted octanol–water partition coefficient (Wildman–Crippen LogP) is 0.928. The molecule has 1 aliphatic rings. The van der Waals surface area contributed by atoms with Crippen LogP contribution in [-0.2, 0) is 0 Å². The molecule has 1 fully saturated rings. The number of halogens is 1. The average Bonchev–Trinajstić information content (AvgIpc) is 2.19. The molecular formula is C9H13ClN4. The van der Waals surface area contributed by atoms with Gasteiger partial charge in [0.05, 0.1) is 0 Å². The van der Waals surface area contributed by atoms with Gasteiger partial charge in [0.2, 0.25) is 0 Å². The summed E-state index contributed by atoms with van der Waals surface area (Å²) in [4.78, 5) is 2.21. The molecule has 2 heterocycles. The van der Waals surface area contributed by atoms with Gasteiger partial charge in [-0.25, -0.2) is 0 Å². The lowest BCUT2D eigenvalue weighted by Gasteiger charge is -2.32. The van der Waals surface area contributed by atoms with E-state index in [2.05, 4.69) is 27.3 Å². The maximum Gasteiger partial charge on any atom is 0.151 e. The fourth-order valence-electron chi connectivity index (χ4n) is 1.62. The van der Waals surface area contributed by atoms with Crippen LogP contribution in [0.15, 0.2) is 12.1 Å². The molecule has 5 heteroatoms. The van der Waals surface area contributed by atoms with Crippen LogP contribution in [0.3, 0.4) is 0 Å². The number of hydrogen-bond acceptors (Lipinski definition) is 4. The molecule has 76 valence electrons. The van der Waals surface area contributed by atoms with Crippen molar-refractivity contribution in [2.24, 2.45) is 0 Å². The summed E-state index contributed by atoms with van der Waals surface area (Å²) in [5, 5.41) is 11.7. The van der Waals surface area contributed by atoms with Crippen molar-refractivity contribution in [2.45, 2.75) is 13.0 Å². The molecule has 0 radical (unpaired) electrons. The molecule has 4 nitrogen and oxygen atoms in total. The summed E-state index contributed by atoms with van der Waals surface area (Å²) in [7, 11) is 0. The lowest BCUT2D eigenvalue weighted by atomic mass is 10.2. The first-order valence-electron chi connectivity index (χ1n) is 4.73. The van der Waals surface area contributed by atoms with E-state index >= 15 is 0 Å². The highest BCUT2D eigenvalue weighted by Gasteiger charge is 2.16. The molecule has 1 atom stereocenters. The molecule has 0 spiro atoms. The van der Waals surface area contributed by atoms with Crippen molar-refractivity contribution >= 4 is 17.4 Å². The Bertz CT molecular complexity index is 300. The van der Waals surface area contributed by atoms with Gasteiger partial charge >= 0.3 is 0 Å². The van der Waals surface area contributed by atoms with E-state index < -0.39 is 0 Å². The number of nitrogens with one attached hydrogen (secondary N) is 1. The van der Waals surface area contributed by atoms with Crippen molar-refractivity contribution in [1.82, 2.24) is 15.5 Å². The third-order valence-corrected chi connectivity index (χ3v) is 2.51. The van der Waals surface area contributed by atoms with Crippen molar-refractivity contribution in [3.63, 3.8) is 0 Å². The number of anilines is 1. The molecule has 1 aromatic rings. The Morgan fingerprint density at radius 1 is 1.50 bits per heavy atom. The molecule has 0 bridgehead atoms. The van der Waals surface area contributed by atoms with Gasteiger partial charge in [-0.2, -0.15) is 0 Å². The van der Waals surface area contributed by atoms with E-state index in [0.29, 0.717) is 11.2 Å². The molecule has 2 rings (SSSR count). The first-order chi connectivity index (χ1) is 6.75. The molecule has 1 aliphatic heterocycles. The van der Waals surface area contributed by atoms with Crippen molar-refractivity contribution in [3.8, 4) is 0 Å². The Morgan fingerprint density at radius 3 is 3.00 bits per heavy atom. The molecule has 0 aromatic carbocycles. The first-order valence-corrected chi connectivity index (χ1v) is 5.11. The molecule has 0 amide bonds. The Balaban J connectivity index is 2.10. The van der Waals surface area contributed by atoms with Gasteiger partial charge in [0.25, 0.3) is 0 Å². The van der Waals surface area contributed by atoms with Crippen LogP contribution in [0.4, 0.5) is 5.82 Å². The van der Waals surface area contributed by atoms with E-state index in [4.69, 9.17) is 11.6 Å². The quantitative estimate of drug-likeness (QED) is 0.752. The Kier molecular flexibility index (Phi) is 2.84. The number of hydrogen-bond donors (Lipinski definition) is 1. The second kappa shape index (κ2) is 4.11. The molecular weight excluding hydrogens is 200 g/mol. The van der Waals surface area contributed by atoms with E-state index in [0.717, 1.165) is 25.5 Å². The second-order valence-electron chi connectivity index (χ2n) is 3.52. The maximum atomic E-state index is 5.67. The van der Waals surface area contributed by atoms with Crippen molar-refractivity contribution in [3.05, 3.63) is 17.3 Å². The Labute approximate surface area is 88.3 Å². The van der Waals surface area contributed by atoms with Crippen LogP contribution in [0.1, 0.15) is 6.92 Å². The standard InChI is InChI=1S/C9H13ClN4/c1-7-6-14(5-4-11-7)9-3-2-8(10)12-13-9/h2-3,7,11H,4-6H2,1H3/t7-/m1/s1. The van der Waals surface area contributed by atoms with Crippen LogP contribution >= 0.6 is 11.6 Å². The van der Waals surface area contributed by atoms with Gasteiger partial charge in [0.1, 0.15) is 0 Å². The molecule has 1 N–H and O–H groups in total. The smallest absolute Gasteiger partial charge is 0.151 e. The zero-order valence-electron chi connectivity index (χ0n) is 8.07. The summed E-state index contributed by atoms with van der Waals surface area (Å²) in [6.45, 7) is 5.10. The fraction of sp³-hybridized carbons (Fsp3) is 0.556. The number of rotatable bonds is 1. The second-order valence-corrected chi connectivity index (χ2v) is 3.90. The number of nitrogens with zero attached hydrogens (tertiary/aromatic N) is 3. The number of piperazine rings is 1. The van der Waals surface area contributed by atoms with Gasteiger partial charge < -0.3 is 10.2 Å². The largest absolute Gasteiger partial charge is 0.352 e. The highest BCUT2D eigenvalue weighted by atomic mass is 35.5. The fourth-order valence-corrected chi connectivity index (χ4v) is 1.72. The van der Waals surface area contributed by atoms with Crippen LogP contribution < -0.4 is 10.2 Å². The molecule has 1 aromatic heterocycles. The summed E-state index contributed by atoms with van der Waals surface area (Å²) in [6.07, 6.45) is 0. The van der Waals surface area contributed by atoms with Gasteiger partial charge in [0, 0.05) is 25.7 Å². The van der Waals surface area contributed by atoms with Crippen LogP contribution in [0.5, 0.6) is 0 Å². The lowest BCUT2D eigenvalue weighted by molar-refractivity contribution is 0.481. The minimum absolute atomic E-state index is 0.442. The van der Waals surface area contributed by atoms with Crippen LogP contribution in [0.2, 0.25) is 5.15 Å². The normalized spacial score (nSPS) is 22.4. The van der Waals surface area contributed by atoms with E-state index in [1.807, 2.05) is 6.07 Å². The van der Waals surface area contributed by atoms with Gasteiger partial charge in [-0.3, -0.25) is 0 Å². The lowest BCUT2D eigenvalue weighted by Crippen LogP contribution is -2.49. The molecule has 0 aliphatic carbocycles. The Morgan fingerprint density at radius 2 is 2.36 bits per heavy atom. The topological polar surface area (TPSA) is 41.1 Å². The Hall–Kier alpha value is -0.870. The number of aromatic nitrogens is 2. The molecule has 1 saturated heterocycles. The average molecular weight is 213 g/mol. The predicted molar refractivity (Wildman–Crippen MR) is 56.7 cm³/mol. The summed E-state index contributed by atoms with van der Waals surface area (Å²) < 4.78 is 0. The van der Waals surface area contributed by atoms with Crippen LogP contribution in [0, 0.1) is 0 Å². The van der Waals surface area contributed by atoms with Gasteiger partial charge in [0.15, 0.2) is 11.0 Å². The van der Waals surface area contributed by atoms with E-state index in [1.165, 1.54) is 0 Å². The van der Waals surface area contributed by atoms with Crippen molar-refractivity contribution in [2.75, 3.05) is 24.5 Å². The molecule has 0 unspecified atom stereocenters. The minimum Gasteiger partial charge on any atom is -0.352 e. The third kappa shape index (κ3) is 2.13. The first kappa shape index (κ1) is 9.68. The van der Waals surface area contributed by atoms with Crippen molar-refractivity contribution < 1.29 is 0 Å². The summed E-state index contributed by atoms with van der Waals surface area (Å²) in [5.74, 6) is 0.905. The van der Waals surface area contributed by atoms with Gasteiger partial charge in [-0.05, 0) is 19.1 Å². The summed E-state index contributed by atoms with van der Waals surface area (Å²) in [6, 6.07) is 4.19. The highest BCUT2D eigenvalue weighted by molar-refractivity contribution is 6.29. The highest BCUT2D eigenvalue weighted by Crippen LogP contribution is 2.13. The van der Waals surface area contributed by atoms with Gasteiger partial charge in [-0.15, -0.1) is 10.2 Å². The van der Waals surface area contributed by atoms with E-state index in [-0.39, 0.29) is 0 Å². The maximum absolute atomic E-state index is 5.67. The summed E-state index contributed by atoms with van der Waals surface area (Å²) >= 11 is 5.67. The molecule has 0 saturated carbocycles. The minimum atomic E-state index is 0.442. The van der Waals surface area contributed by atoms with E-state index in [9.17, 15) is 0 Å². The zero-order chi connectivity index (χ0) is 9.97. The zero-order valence-corrected chi connectivity index (χ0v) is 8.83. The molecule has 14 heavy (non-hydrogen) atoms. The van der Waals surface area contributed by atoms with Crippen LogP contribution in [-0.4, -0.2) is 35.9 Å². The van der Waals surface area contributed by atoms with E-state index in [1.54, 1.807) is 6.07 Å². The van der Waals surface area contributed by atoms with Crippen molar-refractivity contribution in [1.29, 1.82) is 0 Å². The summed E-state index contributed by atoms with van der Waals surface area (Å²) in [5.41, 5.74) is 0.